The predicted molar refractivity (Wildman–Crippen MR) is 46.1 cm³/mol. The Morgan fingerprint density at radius 3 is 2.75 bits per heavy atom. The Morgan fingerprint density at radius 1 is 1.33 bits per heavy atom. The first-order valence-electron chi connectivity index (χ1n) is 4.16. The number of rotatable bonds is 0. The molecule has 0 saturated carbocycles. The predicted octanol–water partition coefficient (Wildman–Crippen LogP) is -0.631. The van der Waals surface area contributed by atoms with Gasteiger partial charge >= 0.3 is 0 Å². The maximum Gasteiger partial charge on any atom is 0.271 e. The Morgan fingerprint density at radius 2 is 2.08 bits per heavy atom. The Bertz CT molecular complexity index is 361. The molecule has 1 aliphatic rings. The normalized spacial score (nSPS) is 16.2. The van der Waals surface area contributed by atoms with E-state index in [1.165, 1.54) is 5.69 Å². The number of fused-ring (bicyclic) bond motifs is 1. The van der Waals surface area contributed by atoms with Crippen LogP contribution in [0.15, 0.2) is 4.79 Å². The van der Waals surface area contributed by atoms with Crippen LogP contribution in [0.25, 0.3) is 0 Å². The van der Waals surface area contributed by atoms with Crippen LogP contribution in [-0.4, -0.2) is 15.9 Å². The molecule has 4 nitrogen and oxygen atoms in total. The van der Waals surface area contributed by atoms with Gasteiger partial charge in [-0.15, -0.1) is 0 Å². The molecule has 1 aromatic heterocycles. The molecule has 1 aliphatic heterocycles. The summed E-state index contributed by atoms with van der Waals surface area (Å²) in [7, 11) is 3.74. The molecule has 0 saturated heterocycles. The van der Waals surface area contributed by atoms with Crippen molar-refractivity contribution in [1.29, 1.82) is 0 Å². The topological polar surface area (TPSA) is 39.0 Å². The largest absolute Gasteiger partial charge is 0.312 e. The molecule has 0 spiro atoms. The first-order chi connectivity index (χ1) is 5.72. The SMILES string of the molecule is Cn1c2c(c(=O)n1C)CNCC2. The second-order valence-corrected chi connectivity index (χ2v) is 3.20. The first-order valence-corrected chi connectivity index (χ1v) is 4.16. The smallest absolute Gasteiger partial charge is 0.271 e. The summed E-state index contributed by atoms with van der Waals surface area (Å²) in [6.45, 7) is 1.70. The highest BCUT2D eigenvalue weighted by Gasteiger charge is 2.17. The quantitative estimate of drug-likeness (QED) is 0.558. The minimum absolute atomic E-state index is 0.139. The Hall–Kier alpha value is -1.03. The molecule has 0 amide bonds. The molecular weight excluding hydrogens is 154 g/mol. The highest BCUT2D eigenvalue weighted by molar-refractivity contribution is 5.21. The van der Waals surface area contributed by atoms with Crippen molar-refractivity contribution in [1.82, 2.24) is 14.7 Å². The van der Waals surface area contributed by atoms with Crippen molar-refractivity contribution in [3.05, 3.63) is 21.6 Å². The van der Waals surface area contributed by atoms with E-state index in [9.17, 15) is 4.79 Å². The fraction of sp³-hybridized carbons (Fsp3) is 0.625. The van der Waals surface area contributed by atoms with Crippen molar-refractivity contribution in [3.8, 4) is 0 Å². The molecule has 2 heterocycles. The molecule has 1 N–H and O–H groups in total. The van der Waals surface area contributed by atoms with Crippen LogP contribution in [0.3, 0.4) is 0 Å². The third-order valence-corrected chi connectivity index (χ3v) is 2.58. The molecule has 0 unspecified atom stereocenters. The monoisotopic (exact) mass is 167 g/mol. The zero-order valence-electron chi connectivity index (χ0n) is 7.42. The molecule has 4 heteroatoms. The van der Waals surface area contributed by atoms with E-state index < -0.39 is 0 Å². The van der Waals surface area contributed by atoms with Crippen LogP contribution in [-0.2, 0) is 27.1 Å². The van der Waals surface area contributed by atoms with Gasteiger partial charge < -0.3 is 5.32 Å². The molecular formula is C8H13N3O. The van der Waals surface area contributed by atoms with Gasteiger partial charge in [-0.2, -0.15) is 0 Å². The second-order valence-electron chi connectivity index (χ2n) is 3.20. The summed E-state index contributed by atoms with van der Waals surface area (Å²) in [6, 6.07) is 0. The highest BCUT2D eigenvalue weighted by Crippen LogP contribution is 2.08. The van der Waals surface area contributed by atoms with Crippen LogP contribution in [0.1, 0.15) is 11.3 Å². The van der Waals surface area contributed by atoms with Crippen molar-refractivity contribution in [2.75, 3.05) is 6.54 Å². The standard InChI is InChI=1S/C8H13N3O/c1-10-7-3-4-9-5-6(7)8(12)11(10)2/h9H,3-5H2,1-2H3. The molecule has 66 valence electrons. The summed E-state index contributed by atoms with van der Waals surface area (Å²) >= 11 is 0. The lowest BCUT2D eigenvalue weighted by atomic mass is 10.1. The van der Waals surface area contributed by atoms with E-state index in [2.05, 4.69) is 5.32 Å². The van der Waals surface area contributed by atoms with Gasteiger partial charge in [-0.05, 0) is 0 Å². The molecule has 0 aromatic carbocycles. The van der Waals surface area contributed by atoms with E-state index in [1.54, 1.807) is 11.7 Å². The minimum atomic E-state index is 0.139. The van der Waals surface area contributed by atoms with Gasteiger partial charge in [0.1, 0.15) is 0 Å². The second kappa shape index (κ2) is 2.48. The van der Waals surface area contributed by atoms with E-state index in [1.807, 2.05) is 11.7 Å². The molecule has 0 fully saturated rings. The third kappa shape index (κ3) is 0.845. The van der Waals surface area contributed by atoms with E-state index >= 15 is 0 Å². The Balaban J connectivity index is 2.68. The molecule has 0 radical (unpaired) electrons. The van der Waals surface area contributed by atoms with Gasteiger partial charge in [-0.3, -0.25) is 14.2 Å². The zero-order valence-corrected chi connectivity index (χ0v) is 7.42. The van der Waals surface area contributed by atoms with E-state index in [-0.39, 0.29) is 5.56 Å². The number of nitrogens with zero attached hydrogens (tertiary/aromatic N) is 2. The van der Waals surface area contributed by atoms with Gasteiger partial charge in [-0.1, -0.05) is 0 Å². The summed E-state index contributed by atoms with van der Waals surface area (Å²) in [6.07, 6.45) is 0.960. The Labute approximate surface area is 70.8 Å². The fourth-order valence-electron chi connectivity index (χ4n) is 1.74. The van der Waals surface area contributed by atoms with Crippen molar-refractivity contribution >= 4 is 0 Å². The number of aromatic nitrogens is 2. The van der Waals surface area contributed by atoms with Crippen LogP contribution in [0.5, 0.6) is 0 Å². The van der Waals surface area contributed by atoms with Crippen molar-refractivity contribution in [2.24, 2.45) is 14.1 Å². The fourth-order valence-corrected chi connectivity index (χ4v) is 1.74. The number of hydrogen-bond acceptors (Lipinski definition) is 2. The van der Waals surface area contributed by atoms with Gasteiger partial charge in [0.2, 0.25) is 0 Å². The average molecular weight is 167 g/mol. The van der Waals surface area contributed by atoms with Gasteiger partial charge in [0, 0.05) is 39.3 Å². The summed E-state index contributed by atoms with van der Waals surface area (Å²) < 4.78 is 3.61. The van der Waals surface area contributed by atoms with Crippen molar-refractivity contribution in [2.45, 2.75) is 13.0 Å². The number of hydrogen-bond donors (Lipinski definition) is 1. The van der Waals surface area contributed by atoms with Crippen molar-refractivity contribution < 1.29 is 0 Å². The lowest BCUT2D eigenvalue weighted by Crippen LogP contribution is -2.27. The van der Waals surface area contributed by atoms with Crippen LogP contribution >= 0.6 is 0 Å². The maximum absolute atomic E-state index is 11.5. The van der Waals surface area contributed by atoms with Crippen LogP contribution in [0.4, 0.5) is 0 Å². The van der Waals surface area contributed by atoms with Gasteiger partial charge in [0.05, 0.1) is 5.56 Å². The Kier molecular flexibility index (Phi) is 1.58. The zero-order chi connectivity index (χ0) is 8.72. The molecule has 0 aliphatic carbocycles. The van der Waals surface area contributed by atoms with Crippen LogP contribution in [0.2, 0.25) is 0 Å². The van der Waals surface area contributed by atoms with E-state index in [4.69, 9.17) is 0 Å². The number of nitrogens with one attached hydrogen (secondary N) is 1. The molecule has 12 heavy (non-hydrogen) atoms. The molecule has 0 atom stereocenters. The highest BCUT2D eigenvalue weighted by atomic mass is 16.1. The van der Waals surface area contributed by atoms with Crippen LogP contribution in [0, 0.1) is 0 Å². The summed E-state index contributed by atoms with van der Waals surface area (Å²) in [5, 5.41) is 3.20. The third-order valence-electron chi connectivity index (χ3n) is 2.58. The van der Waals surface area contributed by atoms with Gasteiger partial charge in [0.15, 0.2) is 0 Å². The molecule has 1 aromatic rings. The summed E-state index contributed by atoms with van der Waals surface area (Å²) in [5.74, 6) is 0. The van der Waals surface area contributed by atoms with Gasteiger partial charge in [-0.25, -0.2) is 0 Å². The lowest BCUT2D eigenvalue weighted by molar-refractivity contribution is 0.543. The van der Waals surface area contributed by atoms with E-state index in [0.29, 0.717) is 0 Å². The average Bonchev–Trinajstić information content (AvgIpc) is 2.33. The lowest BCUT2D eigenvalue weighted by Gasteiger charge is -2.12. The van der Waals surface area contributed by atoms with E-state index in [0.717, 1.165) is 25.1 Å². The molecule has 2 rings (SSSR count). The maximum atomic E-state index is 11.5. The van der Waals surface area contributed by atoms with Crippen LogP contribution < -0.4 is 10.9 Å². The summed E-state index contributed by atoms with van der Waals surface area (Å²) in [4.78, 5) is 11.5. The first kappa shape index (κ1) is 7.61. The van der Waals surface area contributed by atoms with Gasteiger partial charge in [0.25, 0.3) is 5.56 Å². The summed E-state index contributed by atoms with van der Waals surface area (Å²) in [5.41, 5.74) is 2.26. The minimum Gasteiger partial charge on any atom is -0.312 e. The van der Waals surface area contributed by atoms with Crippen molar-refractivity contribution in [3.63, 3.8) is 0 Å². The molecule has 0 bridgehead atoms.